The zero-order valence-corrected chi connectivity index (χ0v) is 21.2. The van der Waals surface area contributed by atoms with Crippen LogP contribution in [0.15, 0.2) is 76.4 Å². The highest BCUT2D eigenvalue weighted by molar-refractivity contribution is 8.00. The van der Waals surface area contributed by atoms with Crippen LogP contribution in [0.25, 0.3) is 0 Å². The monoisotopic (exact) mass is 504 g/mol. The van der Waals surface area contributed by atoms with Gasteiger partial charge in [0.2, 0.25) is 11.9 Å². The van der Waals surface area contributed by atoms with Crippen LogP contribution in [-0.4, -0.2) is 83.8 Å². The molecule has 5 rings (SSSR count). The minimum absolute atomic E-state index is 0.129. The molecule has 2 aliphatic rings. The molecule has 0 saturated carbocycles. The molecular weight excluding hydrogens is 472 g/mol. The van der Waals surface area contributed by atoms with Crippen LogP contribution < -0.4 is 15.4 Å². The van der Waals surface area contributed by atoms with Gasteiger partial charge in [0, 0.05) is 75.6 Å². The molecule has 0 spiro atoms. The second-order valence-electron chi connectivity index (χ2n) is 9.13. The fourth-order valence-corrected chi connectivity index (χ4v) is 5.50. The second kappa shape index (κ2) is 11.6. The molecule has 2 aromatic carbocycles. The zero-order chi connectivity index (χ0) is 24.7. The summed E-state index contributed by atoms with van der Waals surface area (Å²) < 4.78 is 0. The molecule has 2 fully saturated rings. The minimum atomic E-state index is -0.129. The summed E-state index contributed by atoms with van der Waals surface area (Å²) in [7, 11) is 0. The number of carbonyl (C=O) groups is 1. The molecule has 0 atom stereocenters. The summed E-state index contributed by atoms with van der Waals surface area (Å²) in [6, 6.07) is 22.1. The van der Waals surface area contributed by atoms with Crippen LogP contribution in [0, 0.1) is 0 Å². The van der Waals surface area contributed by atoms with Crippen LogP contribution in [0.5, 0.6) is 0 Å². The lowest BCUT2D eigenvalue weighted by atomic mass is 10.2. The van der Waals surface area contributed by atoms with E-state index >= 15 is 0 Å². The third kappa shape index (κ3) is 6.27. The number of amides is 1. The van der Waals surface area contributed by atoms with E-state index in [1.54, 1.807) is 17.8 Å². The third-order valence-corrected chi connectivity index (χ3v) is 7.70. The summed E-state index contributed by atoms with van der Waals surface area (Å²) in [6.45, 7) is 7.01. The lowest BCUT2D eigenvalue weighted by Crippen LogP contribution is -2.50. The topological polar surface area (TPSA) is 75.8 Å². The number of para-hydroxylation sites is 1. The van der Waals surface area contributed by atoms with Crippen molar-refractivity contribution in [2.75, 3.05) is 67.9 Å². The maximum absolute atomic E-state index is 12.7. The van der Waals surface area contributed by atoms with Crippen molar-refractivity contribution in [3.05, 3.63) is 82.8 Å². The summed E-state index contributed by atoms with van der Waals surface area (Å²) in [5.41, 5.74) is 1.92. The van der Waals surface area contributed by atoms with Gasteiger partial charge in [-0.2, -0.15) is 0 Å². The first-order chi connectivity index (χ1) is 17.6. The largest absolute Gasteiger partial charge is 0.369 e. The van der Waals surface area contributed by atoms with Crippen molar-refractivity contribution in [2.45, 2.75) is 11.4 Å². The van der Waals surface area contributed by atoms with Gasteiger partial charge in [-0.1, -0.05) is 36.4 Å². The van der Waals surface area contributed by atoms with E-state index in [9.17, 15) is 9.59 Å². The SMILES string of the molecule is O=C(CSc1ccccc1)N1CCN(c2nc(CN3CCN(c4ccccc4)CC3)cc(=O)[nH]2)CC1. The number of rotatable bonds is 7. The third-order valence-electron chi connectivity index (χ3n) is 6.70. The molecule has 1 amide bonds. The Morgan fingerprint density at radius 1 is 0.833 bits per heavy atom. The van der Waals surface area contributed by atoms with Gasteiger partial charge in [-0.25, -0.2) is 4.98 Å². The van der Waals surface area contributed by atoms with Crippen molar-refractivity contribution in [2.24, 2.45) is 0 Å². The molecule has 8 nitrogen and oxygen atoms in total. The molecule has 1 N–H and O–H groups in total. The molecule has 0 unspecified atom stereocenters. The van der Waals surface area contributed by atoms with E-state index in [1.165, 1.54) is 5.69 Å². The number of benzene rings is 2. The predicted octanol–water partition coefficient (Wildman–Crippen LogP) is 2.53. The van der Waals surface area contributed by atoms with Gasteiger partial charge in [0.1, 0.15) is 0 Å². The quantitative estimate of drug-likeness (QED) is 0.496. The molecule has 0 radical (unpaired) electrons. The van der Waals surface area contributed by atoms with Crippen molar-refractivity contribution in [1.29, 1.82) is 0 Å². The van der Waals surface area contributed by atoms with Gasteiger partial charge in [0.25, 0.3) is 5.56 Å². The Bertz CT molecular complexity index is 1190. The van der Waals surface area contributed by atoms with Crippen molar-refractivity contribution in [3.63, 3.8) is 0 Å². The Hall–Kier alpha value is -3.30. The number of hydrogen-bond acceptors (Lipinski definition) is 7. The van der Waals surface area contributed by atoms with E-state index in [0.717, 1.165) is 36.8 Å². The smallest absolute Gasteiger partial charge is 0.252 e. The molecule has 3 aromatic rings. The van der Waals surface area contributed by atoms with Crippen LogP contribution >= 0.6 is 11.8 Å². The molecule has 2 saturated heterocycles. The number of nitrogens with one attached hydrogen (secondary N) is 1. The van der Waals surface area contributed by atoms with Crippen LogP contribution in [0.1, 0.15) is 5.69 Å². The van der Waals surface area contributed by atoms with E-state index in [1.807, 2.05) is 41.3 Å². The Labute approximate surface area is 215 Å². The Kier molecular flexibility index (Phi) is 7.88. The number of aromatic nitrogens is 2. The van der Waals surface area contributed by atoms with Crippen molar-refractivity contribution in [3.8, 4) is 0 Å². The molecule has 0 aliphatic carbocycles. The number of carbonyl (C=O) groups excluding carboxylic acids is 1. The lowest BCUT2D eigenvalue weighted by Gasteiger charge is -2.36. The molecule has 3 heterocycles. The average molecular weight is 505 g/mol. The van der Waals surface area contributed by atoms with Gasteiger partial charge in [-0.15, -0.1) is 11.8 Å². The Balaban J connectivity index is 1.12. The van der Waals surface area contributed by atoms with Crippen molar-refractivity contribution >= 4 is 29.3 Å². The Morgan fingerprint density at radius 3 is 2.17 bits per heavy atom. The van der Waals surface area contributed by atoms with E-state index < -0.39 is 0 Å². The highest BCUT2D eigenvalue weighted by atomic mass is 32.2. The molecule has 2 aliphatic heterocycles. The summed E-state index contributed by atoms with van der Waals surface area (Å²) >= 11 is 1.57. The van der Waals surface area contributed by atoms with E-state index in [0.29, 0.717) is 44.4 Å². The van der Waals surface area contributed by atoms with Crippen molar-refractivity contribution in [1.82, 2.24) is 19.8 Å². The number of nitrogens with zero attached hydrogens (tertiary/aromatic N) is 5. The fourth-order valence-electron chi connectivity index (χ4n) is 4.68. The predicted molar refractivity (Wildman–Crippen MR) is 145 cm³/mol. The Morgan fingerprint density at radius 2 is 1.47 bits per heavy atom. The number of H-pyrrole nitrogens is 1. The normalized spacial score (nSPS) is 16.8. The minimum Gasteiger partial charge on any atom is -0.369 e. The number of aromatic amines is 1. The van der Waals surface area contributed by atoms with Crippen LogP contribution in [0.3, 0.4) is 0 Å². The standard InChI is InChI=1S/C27H32N6O2S/c34-25-19-22(20-30-11-13-31(14-12-30)23-7-3-1-4-8-23)28-27(29-25)33-17-15-32(16-18-33)26(35)21-36-24-9-5-2-6-10-24/h1-10,19H,11-18,20-21H2,(H,28,29,34). The molecule has 0 bridgehead atoms. The van der Waals surface area contributed by atoms with Gasteiger partial charge in [0.05, 0.1) is 11.4 Å². The summed E-state index contributed by atoms with van der Waals surface area (Å²) in [5, 5.41) is 0. The highest BCUT2D eigenvalue weighted by Crippen LogP contribution is 2.19. The molecule has 36 heavy (non-hydrogen) atoms. The molecule has 1 aromatic heterocycles. The van der Waals surface area contributed by atoms with Gasteiger partial charge in [-0.3, -0.25) is 19.5 Å². The number of hydrogen-bond donors (Lipinski definition) is 1. The number of thioether (sulfide) groups is 1. The maximum atomic E-state index is 12.7. The van der Waals surface area contributed by atoms with Gasteiger partial charge >= 0.3 is 0 Å². The number of piperazine rings is 2. The van der Waals surface area contributed by atoms with Crippen LogP contribution in [-0.2, 0) is 11.3 Å². The summed E-state index contributed by atoms with van der Waals surface area (Å²) in [4.78, 5) is 42.6. The zero-order valence-electron chi connectivity index (χ0n) is 20.4. The van der Waals surface area contributed by atoms with E-state index in [-0.39, 0.29) is 11.5 Å². The second-order valence-corrected chi connectivity index (χ2v) is 10.2. The summed E-state index contributed by atoms with van der Waals surface area (Å²) in [5.74, 6) is 1.19. The summed E-state index contributed by atoms with van der Waals surface area (Å²) in [6.07, 6.45) is 0. The van der Waals surface area contributed by atoms with Crippen LogP contribution in [0.2, 0.25) is 0 Å². The first-order valence-electron chi connectivity index (χ1n) is 12.5. The van der Waals surface area contributed by atoms with Gasteiger partial charge in [0.15, 0.2) is 0 Å². The lowest BCUT2D eigenvalue weighted by molar-refractivity contribution is -0.128. The molecular formula is C27H32N6O2S. The van der Waals surface area contributed by atoms with Gasteiger partial charge in [-0.05, 0) is 24.3 Å². The molecule has 9 heteroatoms. The highest BCUT2D eigenvalue weighted by Gasteiger charge is 2.23. The average Bonchev–Trinajstić information content (AvgIpc) is 2.93. The van der Waals surface area contributed by atoms with E-state index in [2.05, 4.69) is 43.9 Å². The first kappa shape index (κ1) is 24.4. The fraction of sp³-hybridized carbons (Fsp3) is 0.370. The van der Waals surface area contributed by atoms with Gasteiger partial charge < -0.3 is 14.7 Å². The molecule has 188 valence electrons. The maximum Gasteiger partial charge on any atom is 0.252 e. The van der Waals surface area contributed by atoms with Crippen molar-refractivity contribution < 1.29 is 4.79 Å². The first-order valence-corrected chi connectivity index (χ1v) is 13.5. The van der Waals surface area contributed by atoms with E-state index in [4.69, 9.17) is 4.98 Å². The number of anilines is 2. The van der Waals surface area contributed by atoms with Crippen LogP contribution in [0.4, 0.5) is 11.6 Å².